The Morgan fingerprint density at radius 3 is 2.89 bits per heavy atom. The van der Waals surface area contributed by atoms with Crippen LogP contribution in [0.3, 0.4) is 0 Å². The molecule has 1 amide bonds. The van der Waals surface area contributed by atoms with Crippen molar-refractivity contribution in [1.29, 1.82) is 0 Å². The van der Waals surface area contributed by atoms with Crippen molar-refractivity contribution in [2.24, 2.45) is 5.92 Å². The molecule has 0 bridgehead atoms. The van der Waals surface area contributed by atoms with E-state index in [9.17, 15) is 9.18 Å². The second-order valence-electron chi connectivity index (χ2n) is 7.17. The number of amides is 1. The minimum absolute atomic E-state index is 0.0388. The second kappa shape index (κ2) is 6.34. The molecule has 28 heavy (non-hydrogen) atoms. The summed E-state index contributed by atoms with van der Waals surface area (Å²) in [7, 11) is 0. The molecule has 4 aromatic rings. The van der Waals surface area contributed by atoms with Crippen LogP contribution in [0, 0.1) is 11.7 Å². The predicted octanol–water partition coefficient (Wildman–Crippen LogP) is 5.35. The number of hydrogen-bond acceptors (Lipinski definition) is 4. The number of carbonyl (C=O) groups excluding carboxylic acids is 1. The average molecular weight is 399 g/mol. The minimum Gasteiger partial charge on any atom is -0.459 e. The zero-order chi connectivity index (χ0) is 19.4. The van der Waals surface area contributed by atoms with Crippen LogP contribution in [0.25, 0.3) is 22.1 Å². The molecule has 1 unspecified atom stereocenters. The summed E-state index contributed by atoms with van der Waals surface area (Å²) in [6.45, 7) is 1.84. The molecule has 5 nitrogen and oxygen atoms in total. The van der Waals surface area contributed by atoms with E-state index in [-0.39, 0.29) is 29.6 Å². The van der Waals surface area contributed by atoms with Crippen LogP contribution >= 0.6 is 11.6 Å². The van der Waals surface area contributed by atoms with Gasteiger partial charge in [0.2, 0.25) is 5.91 Å². The Kier molecular flexibility index (Phi) is 3.91. The molecule has 1 aliphatic carbocycles. The number of halogens is 2. The van der Waals surface area contributed by atoms with Crippen LogP contribution in [0.5, 0.6) is 0 Å². The number of rotatable bonds is 4. The molecule has 2 aromatic carbocycles. The molecule has 1 N–H and O–H groups in total. The second-order valence-corrected chi connectivity index (χ2v) is 7.61. The van der Waals surface area contributed by atoms with Gasteiger partial charge in [-0.15, -0.1) is 0 Å². The monoisotopic (exact) mass is 398 g/mol. The van der Waals surface area contributed by atoms with Gasteiger partial charge in [-0.1, -0.05) is 11.6 Å². The Morgan fingerprint density at radius 2 is 2.04 bits per heavy atom. The third kappa shape index (κ3) is 3.03. The standard InChI is InChI=1S/C21H16ClFN2O3/c1-10(19-7-11-6-13(23)3-5-17(11)27-19)24-20(26)14-9-15(14)21-25-16-8-12(22)2-4-18(16)28-21/h2-8,10,14-15H,9H2,1H3,(H,24,26)/t10?,14-,15-/m0/s1. The number of benzene rings is 2. The zero-order valence-electron chi connectivity index (χ0n) is 14.9. The Hall–Kier alpha value is -2.86. The summed E-state index contributed by atoms with van der Waals surface area (Å²) in [6, 6.07) is 11.0. The lowest BCUT2D eigenvalue weighted by atomic mass is 10.2. The van der Waals surface area contributed by atoms with Crippen molar-refractivity contribution >= 4 is 39.6 Å². The number of oxazole rings is 1. The largest absolute Gasteiger partial charge is 0.459 e. The molecule has 0 aliphatic heterocycles. The molecule has 2 heterocycles. The van der Waals surface area contributed by atoms with Gasteiger partial charge in [0.25, 0.3) is 0 Å². The number of hydrogen-bond donors (Lipinski definition) is 1. The molecule has 1 saturated carbocycles. The first-order chi connectivity index (χ1) is 13.5. The molecule has 5 rings (SSSR count). The van der Waals surface area contributed by atoms with Gasteiger partial charge in [-0.25, -0.2) is 9.37 Å². The first kappa shape index (κ1) is 17.3. The number of nitrogens with zero attached hydrogens (tertiary/aromatic N) is 1. The molecule has 1 aliphatic rings. The highest BCUT2D eigenvalue weighted by atomic mass is 35.5. The maximum Gasteiger partial charge on any atom is 0.224 e. The number of nitrogens with one attached hydrogen (secondary N) is 1. The fourth-order valence-corrected chi connectivity index (χ4v) is 3.64. The van der Waals surface area contributed by atoms with Crippen molar-refractivity contribution in [2.45, 2.75) is 25.3 Å². The predicted molar refractivity (Wildman–Crippen MR) is 103 cm³/mol. The van der Waals surface area contributed by atoms with Crippen molar-refractivity contribution in [1.82, 2.24) is 10.3 Å². The first-order valence-electron chi connectivity index (χ1n) is 9.03. The highest BCUT2D eigenvalue weighted by Crippen LogP contribution is 2.48. The number of fused-ring (bicyclic) bond motifs is 2. The molecule has 2 aromatic heterocycles. The molecular weight excluding hydrogens is 383 g/mol. The summed E-state index contributed by atoms with van der Waals surface area (Å²) in [5, 5.41) is 4.23. The third-order valence-electron chi connectivity index (χ3n) is 5.09. The van der Waals surface area contributed by atoms with Crippen LogP contribution in [-0.2, 0) is 4.79 Å². The van der Waals surface area contributed by atoms with E-state index in [0.717, 1.165) is 0 Å². The van der Waals surface area contributed by atoms with Gasteiger partial charge in [-0.3, -0.25) is 4.79 Å². The van der Waals surface area contributed by atoms with E-state index in [0.29, 0.717) is 45.2 Å². The Bertz CT molecular complexity index is 1220. The van der Waals surface area contributed by atoms with Gasteiger partial charge < -0.3 is 14.2 Å². The van der Waals surface area contributed by atoms with Gasteiger partial charge in [-0.2, -0.15) is 0 Å². The number of carbonyl (C=O) groups is 1. The molecule has 142 valence electrons. The van der Waals surface area contributed by atoms with E-state index in [1.165, 1.54) is 12.1 Å². The van der Waals surface area contributed by atoms with Gasteiger partial charge in [0.1, 0.15) is 22.7 Å². The summed E-state index contributed by atoms with van der Waals surface area (Å²) in [6.07, 6.45) is 0.685. The van der Waals surface area contributed by atoms with Crippen LogP contribution in [0.15, 0.2) is 51.3 Å². The van der Waals surface area contributed by atoms with Crippen molar-refractivity contribution in [3.8, 4) is 0 Å². The summed E-state index contributed by atoms with van der Waals surface area (Å²) < 4.78 is 24.8. The minimum atomic E-state index is -0.327. The highest BCUT2D eigenvalue weighted by molar-refractivity contribution is 6.31. The summed E-state index contributed by atoms with van der Waals surface area (Å²) in [4.78, 5) is 17.1. The lowest BCUT2D eigenvalue weighted by Crippen LogP contribution is -2.28. The van der Waals surface area contributed by atoms with Crippen molar-refractivity contribution in [3.63, 3.8) is 0 Å². The smallest absolute Gasteiger partial charge is 0.224 e. The van der Waals surface area contributed by atoms with Gasteiger partial charge >= 0.3 is 0 Å². The summed E-state index contributed by atoms with van der Waals surface area (Å²) in [5.41, 5.74) is 1.94. The van der Waals surface area contributed by atoms with Gasteiger partial charge in [-0.05, 0) is 55.8 Å². The summed E-state index contributed by atoms with van der Waals surface area (Å²) in [5.74, 6) is 0.518. The average Bonchev–Trinajstić information content (AvgIpc) is 3.17. The Morgan fingerprint density at radius 1 is 1.21 bits per heavy atom. The van der Waals surface area contributed by atoms with Crippen LogP contribution in [0.2, 0.25) is 5.02 Å². The molecule has 7 heteroatoms. The lowest BCUT2D eigenvalue weighted by molar-refractivity contribution is -0.123. The molecule has 0 radical (unpaired) electrons. The first-order valence-corrected chi connectivity index (χ1v) is 9.41. The van der Waals surface area contributed by atoms with E-state index >= 15 is 0 Å². The molecule has 0 saturated heterocycles. The van der Waals surface area contributed by atoms with Crippen LogP contribution < -0.4 is 5.32 Å². The van der Waals surface area contributed by atoms with Gasteiger partial charge in [0, 0.05) is 16.3 Å². The van der Waals surface area contributed by atoms with E-state index in [1.54, 1.807) is 30.3 Å². The highest BCUT2D eigenvalue weighted by Gasteiger charge is 2.47. The summed E-state index contributed by atoms with van der Waals surface area (Å²) >= 11 is 5.98. The quantitative estimate of drug-likeness (QED) is 0.503. The molecule has 0 spiro atoms. The van der Waals surface area contributed by atoms with Crippen LogP contribution in [-0.4, -0.2) is 10.9 Å². The normalized spacial score (nSPS) is 19.8. The zero-order valence-corrected chi connectivity index (χ0v) is 15.7. The number of aromatic nitrogens is 1. The van der Waals surface area contributed by atoms with Gasteiger partial charge in [0.15, 0.2) is 11.5 Å². The maximum absolute atomic E-state index is 13.3. The Balaban J connectivity index is 1.28. The molecule has 3 atom stereocenters. The van der Waals surface area contributed by atoms with E-state index in [1.807, 2.05) is 6.92 Å². The fraction of sp³-hybridized carbons (Fsp3) is 0.238. The van der Waals surface area contributed by atoms with Crippen molar-refractivity contribution in [3.05, 3.63) is 65.0 Å². The Labute approximate surface area is 164 Å². The number of furan rings is 1. The van der Waals surface area contributed by atoms with E-state index < -0.39 is 0 Å². The van der Waals surface area contributed by atoms with E-state index in [4.69, 9.17) is 20.4 Å². The van der Waals surface area contributed by atoms with Crippen LogP contribution in [0.4, 0.5) is 4.39 Å². The third-order valence-corrected chi connectivity index (χ3v) is 5.33. The van der Waals surface area contributed by atoms with Crippen molar-refractivity contribution < 1.29 is 18.0 Å². The topological polar surface area (TPSA) is 68.3 Å². The fourth-order valence-electron chi connectivity index (χ4n) is 3.47. The maximum atomic E-state index is 13.3. The molecule has 1 fully saturated rings. The van der Waals surface area contributed by atoms with E-state index in [2.05, 4.69) is 10.3 Å². The van der Waals surface area contributed by atoms with Gasteiger partial charge in [0.05, 0.1) is 12.0 Å². The van der Waals surface area contributed by atoms with Crippen molar-refractivity contribution in [2.75, 3.05) is 0 Å². The van der Waals surface area contributed by atoms with Crippen LogP contribution in [0.1, 0.15) is 37.0 Å². The molecular formula is C21H16ClFN2O3. The SMILES string of the molecule is CC(NC(=O)[C@H]1C[C@@H]1c1nc2cc(Cl)ccc2o1)c1cc2cc(F)ccc2o1. The lowest BCUT2D eigenvalue weighted by Gasteiger charge is -2.10.